The number of hydrogen-bond acceptors (Lipinski definition) is 2. The minimum atomic E-state index is -0.725. The zero-order chi connectivity index (χ0) is 12.6. The van der Waals surface area contributed by atoms with Crippen molar-refractivity contribution < 1.29 is 5.11 Å². The molecule has 0 fully saturated rings. The molecule has 0 saturated heterocycles. The maximum Gasteiger partial charge on any atom is 0.133 e. The van der Waals surface area contributed by atoms with Crippen molar-refractivity contribution in [2.45, 2.75) is 20.0 Å². The molecule has 0 amide bonds. The first-order chi connectivity index (χ1) is 8.00. The molecular weight excluding hydrogens is 236 g/mol. The molecule has 0 aliphatic carbocycles. The summed E-state index contributed by atoms with van der Waals surface area (Å²) in [5.41, 5.74) is 3.42. The minimum absolute atomic E-state index is 0.482. The predicted octanol–water partition coefficient (Wildman–Crippen LogP) is 2.77. The van der Waals surface area contributed by atoms with E-state index in [4.69, 9.17) is 11.6 Å². The Kier molecular flexibility index (Phi) is 3.22. The summed E-state index contributed by atoms with van der Waals surface area (Å²) >= 11 is 6.13. The van der Waals surface area contributed by atoms with Gasteiger partial charge in [-0.05, 0) is 19.4 Å². The summed E-state index contributed by atoms with van der Waals surface area (Å²) in [6.07, 6.45) is -0.725. The molecule has 3 nitrogen and oxygen atoms in total. The third-order valence-electron chi connectivity index (χ3n) is 2.86. The van der Waals surface area contributed by atoms with Crippen LogP contribution in [0, 0.1) is 13.8 Å². The fraction of sp³-hybridized carbons (Fsp3) is 0.308. The molecule has 17 heavy (non-hydrogen) atoms. The second kappa shape index (κ2) is 4.51. The van der Waals surface area contributed by atoms with Crippen molar-refractivity contribution in [1.29, 1.82) is 0 Å². The summed E-state index contributed by atoms with van der Waals surface area (Å²) in [6.45, 7) is 3.86. The van der Waals surface area contributed by atoms with Crippen LogP contribution in [0.4, 0.5) is 0 Å². The van der Waals surface area contributed by atoms with Gasteiger partial charge in [0.15, 0.2) is 0 Å². The fourth-order valence-corrected chi connectivity index (χ4v) is 2.15. The van der Waals surface area contributed by atoms with Crippen molar-refractivity contribution in [2.24, 2.45) is 7.05 Å². The highest BCUT2D eigenvalue weighted by Gasteiger charge is 2.20. The number of halogens is 1. The smallest absolute Gasteiger partial charge is 0.133 e. The zero-order valence-corrected chi connectivity index (χ0v) is 10.9. The monoisotopic (exact) mass is 250 g/mol. The molecular formula is C13H15ClN2O. The molecule has 4 heteroatoms. The van der Waals surface area contributed by atoms with Crippen LogP contribution >= 0.6 is 11.6 Å². The number of aromatic nitrogens is 2. The van der Waals surface area contributed by atoms with Gasteiger partial charge in [-0.3, -0.25) is 4.68 Å². The van der Waals surface area contributed by atoms with Crippen molar-refractivity contribution in [3.05, 3.63) is 51.8 Å². The van der Waals surface area contributed by atoms with Gasteiger partial charge in [0, 0.05) is 12.6 Å². The van der Waals surface area contributed by atoms with E-state index in [0.29, 0.717) is 10.7 Å². The van der Waals surface area contributed by atoms with Crippen LogP contribution in [0.2, 0.25) is 5.15 Å². The maximum atomic E-state index is 10.3. The van der Waals surface area contributed by atoms with Gasteiger partial charge in [0.05, 0.1) is 5.69 Å². The molecule has 0 saturated carbocycles. The van der Waals surface area contributed by atoms with Gasteiger partial charge in [-0.25, -0.2) is 0 Å². The van der Waals surface area contributed by atoms with Gasteiger partial charge in [-0.1, -0.05) is 41.4 Å². The second-order valence-electron chi connectivity index (χ2n) is 4.23. The van der Waals surface area contributed by atoms with Crippen molar-refractivity contribution in [3.8, 4) is 0 Å². The lowest BCUT2D eigenvalue weighted by atomic mass is 10.0. The fourth-order valence-electron chi connectivity index (χ4n) is 1.87. The van der Waals surface area contributed by atoms with E-state index in [0.717, 1.165) is 16.8 Å². The molecule has 1 N–H and O–H groups in total. The molecule has 0 radical (unpaired) electrons. The molecule has 90 valence electrons. The van der Waals surface area contributed by atoms with Gasteiger partial charge in [0.2, 0.25) is 0 Å². The number of rotatable bonds is 2. The van der Waals surface area contributed by atoms with Gasteiger partial charge < -0.3 is 5.11 Å². The first-order valence-corrected chi connectivity index (χ1v) is 5.82. The third kappa shape index (κ3) is 2.21. The average molecular weight is 251 g/mol. The topological polar surface area (TPSA) is 38.1 Å². The summed E-state index contributed by atoms with van der Waals surface area (Å²) in [6, 6.07) is 7.75. The summed E-state index contributed by atoms with van der Waals surface area (Å²) in [5.74, 6) is 0. The number of aryl methyl sites for hydroxylation is 3. The number of hydrogen-bond donors (Lipinski definition) is 1. The Morgan fingerprint density at radius 3 is 2.29 bits per heavy atom. The molecule has 0 aliphatic heterocycles. The Bertz CT molecular complexity index is 531. The molecule has 1 aromatic carbocycles. The Labute approximate surface area is 106 Å². The molecule has 2 rings (SSSR count). The normalized spacial score (nSPS) is 12.8. The highest BCUT2D eigenvalue weighted by atomic mass is 35.5. The number of aliphatic hydroxyl groups is 1. The van der Waals surface area contributed by atoms with Crippen LogP contribution in [0.25, 0.3) is 0 Å². The highest BCUT2D eigenvalue weighted by Crippen LogP contribution is 2.30. The van der Waals surface area contributed by atoms with Gasteiger partial charge >= 0.3 is 0 Å². The third-order valence-corrected chi connectivity index (χ3v) is 3.31. The summed E-state index contributed by atoms with van der Waals surface area (Å²) in [4.78, 5) is 0. The van der Waals surface area contributed by atoms with Crippen molar-refractivity contribution in [3.63, 3.8) is 0 Å². The molecule has 0 spiro atoms. The van der Waals surface area contributed by atoms with E-state index in [-0.39, 0.29) is 0 Å². The lowest BCUT2D eigenvalue weighted by Crippen LogP contribution is -2.01. The van der Waals surface area contributed by atoms with Crippen LogP contribution in [-0.4, -0.2) is 14.9 Å². The molecule has 0 bridgehead atoms. The van der Waals surface area contributed by atoms with Gasteiger partial charge in [0.1, 0.15) is 11.3 Å². The van der Waals surface area contributed by atoms with E-state index >= 15 is 0 Å². The second-order valence-corrected chi connectivity index (χ2v) is 4.58. The van der Waals surface area contributed by atoms with Crippen LogP contribution in [0.15, 0.2) is 24.3 Å². The Morgan fingerprint density at radius 1 is 1.24 bits per heavy atom. The quantitative estimate of drug-likeness (QED) is 0.890. The van der Waals surface area contributed by atoms with Crippen LogP contribution in [0.1, 0.15) is 28.5 Å². The molecule has 2 aromatic rings. The summed E-state index contributed by atoms with van der Waals surface area (Å²) < 4.78 is 1.57. The van der Waals surface area contributed by atoms with Crippen LogP contribution in [0.5, 0.6) is 0 Å². The number of benzene rings is 1. The molecule has 1 aromatic heterocycles. The van der Waals surface area contributed by atoms with Crippen LogP contribution < -0.4 is 0 Å². The van der Waals surface area contributed by atoms with Gasteiger partial charge in [0.25, 0.3) is 0 Å². The van der Waals surface area contributed by atoms with Gasteiger partial charge in [-0.2, -0.15) is 5.10 Å². The summed E-state index contributed by atoms with van der Waals surface area (Å²) in [7, 11) is 1.76. The van der Waals surface area contributed by atoms with E-state index in [1.807, 2.05) is 38.1 Å². The molecule has 1 unspecified atom stereocenters. The van der Waals surface area contributed by atoms with Crippen LogP contribution in [-0.2, 0) is 7.05 Å². The van der Waals surface area contributed by atoms with E-state index < -0.39 is 6.10 Å². The maximum absolute atomic E-state index is 10.3. The SMILES string of the molecule is Cc1ccc(C(O)c2c(C)nn(C)c2Cl)cc1. The van der Waals surface area contributed by atoms with Crippen LogP contribution in [0.3, 0.4) is 0 Å². The standard InChI is InChI=1S/C13H15ClN2O/c1-8-4-6-10(7-5-8)12(17)11-9(2)15-16(3)13(11)14/h4-7,12,17H,1-3H3. The molecule has 1 heterocycles. The predicted molar refractivity (Wildman–Crippen MR) is 68.2 cm³/mol. The first kappa shape index (κ1) is 12.1. The Balaban J connectivity index is 2.43. The van der Waals surface area contributed by atoms with Crippen molar-refractivity contribution >= 4 is 11.6 Å². The lowest BCUT2D eigenvalue weighted by molar-refractivity contribution is 0.219. The van der Waals surface area contributed by atoms with E-state index in [1.54, 1.807) is 11.7 Å². The molecule has 1 atom stereocenters. The zero-order valence-electron chi connectivity index (χ0n) is 10.1. The van der Waals surface area contributed by atoms with E-state index in [1.165, 1.54) is 0 Å². The Hall–Kier alpha value is -1.32. The number of nitrogens with zero attached hydrogens (tertiary/aromatic N) is 2. The molecule has 0 aliphatic rings. The van der Waals surface area contributed by atoms with E-state index in [9.17, 15) is 5.11 Å². The highest BCUT2D eigenvalue weighted by molar-refractivity contribution is 6.30. The lowest BCUT2D eigenvalue weighted by Gasteiger charge is -2.11. The van der Waals surface area contributed by atoms with Crippen molar-refractivity contribution in [1.82, 2.24) is 9.78 Å². The largest absolute Gasteiger partial charge is 0.383 e. The Morgan fingerprint density at radius 2 is 1.82 bits per heavy atom. The number of aliphatic hydroxyl groups excluding tert-OH is 1. The summed E-state index contributed by atoms with van der Waals surface area (Å²) in [5, 5.41) is 15.0. The van der Waals surface area contributed by atoms with Gasteiger partial charge in [-0.15, -0.1) is 0 Å². The minimum Gasteiger partial charge on any atom is -0.383 e. The van der Waals surface area contributed by atoms with E-state index in [2.05, 4.69) is 5.10 Å². The first-order valence-electron chi connectivity index (χ1n) is 5.44. The average Bonchev–Trinajstić information content (AvgIpc) is 2.53. The van der Waals surface area contributed by atoms with Crippen molar-refractivity contribution in [2.75, 3.05) is 0 Å².